The standard InChI is InChI=1S/C10H16N2/c1-10(9-11)5-8-12-6-3-2-4-7-12/h5H,2-4,6-8H2,1H3/b10-5-. The number of nitriles is 1. The second kappa shape index (κ2) is 4.95. The van der Waals surface area contributed by atoms with Gasteiger partial charge in [0.25, 0.3) is 0 Å². The Morgan fingerprint density at radius 1 is 1.42 bits per heavy atom. The predicted octanol–water partition coefficient (Wildman–Crippen LogP) is 1.94. The third-order valence-corrected chi connectivity index (χ3v) is 2.28. The average molecular weight is 164 g/mol. The van der Waals surface area contributed by atoms with Crippen molar-refractivity contribution in [1.29, 1.82) is 5.26 Å². The first kappa shape index (κ1) is 9.28. The molecule has 1 aliphatic rings. The van der Waals surface area contributed by atoms with Crippen molar-refractivity contribution >= 4 is 0 Å². The lowest BCUT2D eigenvalue weighted by Crippen LogP contribution is -2.29. The summed E-state index contributed by atoms with van der Waals surface area (Å²) in [6.45, 7) is 5.23. The zero-order valence-corrected chi connectivity index (χ0v) is 7.71. The smallest absolute Gasteiger partial charge is 0.0941 e. The molecule has 66 valence electrons. The van der Waals surface area contributed by atoms with Crippen LogP contribution in [0.25, 0.3) is 0 Å². The highest BCUT2D eigenvalue weighted by atomic mass is 15.1. The van der Waals surface area contributed by atoms with Crippen LogP contribution in [0, 0.1) is 11.3 Å². The molecule has 0 saturated carbocycles. The summed E-state index contributed by atoms with van der Waals surface area (Å²) in [4.78, 5) is 2.41. The molecule has 0 unspecified atom stereocenters. The highest BCUT2D eigenvalue weighted by molar-refractivity contribution is 5.17. The van der Waals surface area contributed by atoms with Crippen LogP contribution in [-0.4, -0.2) is 24.5 Å². The fourth-order valence-corrected chi connectivity index (χ4v) is 1.45. The first-order valence-electron chi connectivity index (χ1n) is 4.62. The maximum absolute atomic E-state index is 8.53. The van der Waals surface area contributed by atoms with Crippen molar-refractivity contribution < 1.29 is 0 Å². The Balaban J connectivity index is 2.26. The molecule has 0 aromatic heterocycles. The van der Waals surface area contributed by atoms with E-state index in [1.807, 2.05) is 13.0 Å². The fraction of sp³-hybridized carbons (Fsp3) is 0.700. The van der Waals surface area contributed by atoms with E-state index in [1.165, 1.54) is 32.4 Å². The van der Waals surface area contributed by atoms with Crippen LogP contribution in [-0.2, 0) is 0 Å². The van der Waals surface area contributed by atoms with E-state index in [0.29, 0.717) is 0 Å². The van der Waals surface area contributed by atoms with E-state index in [-0.39, 0.29) is 0 Å². The van der Waals surface area contributed by atoms with Gasteiger partial charge in [-0.15, -0.1) is 0 Å². The second-order valence-electron chi connectivity index (χ2n) is 3.36. The molecule has 0 atom stereocenters. The SMILES string of the molecule is C/C(C#N)=C/CN1CCCCC1. The lowest BCUT2D eigenvalue weighted by molar-refractivity contribution is 0.251. The summed E-state index contributed by atoms with van der Waals surface area (Å²) >= 11 is 0. The van der Waals surface area contributed by atoms with Crippen LogP contribution in [0.15, 0.2) is 11.6 Å². The van der Waals surface area contributed by atoms with Gasteiger partial charge in [-0.2, -0.15) is 5.26 Å². The molecule has 2 nitrogen and oxygen atoms in total. The molecule has 1 heterocycles. The molecular weight excluding hydrogens is 148 g/mol. The molecule has 0 radical (unpaired) electrons. The van der Waals surface area contributed by atoms with E-state index < -0.39 is 0 Å². The summed E-state index contributed by atoms with van der Waals surface area (Å²) in [5.74, 6) is 0. The number of hydrogen-bond acceptors (Lipinski definition) is 2. The molecular formula is C10H16N2. The molecule has 1 fully saturated rings. The van der Waals surface area contributed by atoms with Crippen molar-refractivity contribution in [3.8, 4) is 6.07 Å². The summed E-state index contributed by atoms with van der Waals surface area (Å²) in [6, 6.07) is 2.14. The van der Waals surface area contributed by atoms with Gasteiger partial charge in [0.2, 0.25) is 0 Å². The minimum Gasteiger partial charge on any atom is -0.300 e. The van der Waals surface area contributed by atoms with Crippen LogP contribution in [0.4, 0.5) is 0 Å². The Bertz CT molecular complexity index is 194. The van der Waals surface area contributed by atoms with E-state index in [9.17, 15) is 0 Å². The molecule has 1 aliphatic heterocycles. The fourth-order valence-electron chi connectivity index (χ4n) is 1.45. The molecule has 0 aromatic carbocycles. The largest absolute Gasteiger partial charge is 0.300 e. The topological polar surface area (TPSA) is 27.0 Å². The Hall–Kier alpha value is -0.810. The zero-order valence-electron chi connectivity index (χ0n) is 7.71. The molecule has 0 bridgehead atoms. The third kappa shape index (κ3) is 3.06. The second-order valence-corrected chi connectivity index (χ2v) is 3.36. The van der Waals surface area contributed by atoms with Gasteiger partial charge in [0.1, 0.15) is 0 Å². The van der Waals surface area contributed by atoms with Crippen molar-refractivity contribution in [2.75, 3.05) is 19.6 Å². The number of nitrogens with zero attached hydrogens (tertiary/aromatic N) is 2. The van der Waals surface area contributed by atoms with Crippen molar-refractivity contribution in [3.63, 3.8) is 0 Å². The number of rotatable bonds is 2. The summed E-state index contributed by atoms with van der Waals surface area (Å²) < 4.78 is 0. The van der Waals surface area contributed by atoms with Gasteiger partial charge in [-0.1, -0.05) is 12.5 Å². The average Bonchev–Trinajstić information content (AvgIpc) is 2.16. The quantitative estimate of drug-likeness (QED) is 0.583. The Kier molecular flexibility index (Phi) is 3.83. The highest BCUT2D eigenvalue weighted by Gasteiger charge is 2.07. The van der Waals surface area contributed by atoms with Crippen LogP contribution in [0.3, 0.4) is 0 Å². The molecule has 1 rings (SSSR count). The monoisotopic (exact) mass is 164 g/mol. The first-order valence-corrected chi connectivity index (χ1v) is 4.62. The van der Waals surface area contributed by atoms with Gasteiger partial charge >= 0.3 is 0 Å². The molecule has 0 aliphatic carbocycles. The van der Waals surface area contributed by atoms with Gasteiger partial charge in [0.15, 0.2) is 0 Å². The summed E-state index contributed by atoms with van der Waals surface area (Å²) in [5.41, 5.74) is 0.834. The molecule has 12 heavy (non-hydrogen) atoms. The van der Waals surface area contributed by atoms with Crippen LogP contribution in [0.1, 0.15) is 26.2 Å². The van der Waals surface area contributed by atoms with Gasteiger partial charge in [0, 0.05) is 12.1 Å². The van der Waals surface area contributed by atoms with Crippen LogP contribution < -0.4 is 0 Å². The highest BCUT2D eigenvalue weighted by Crippen LogP contribution is 2.08. The normalized spacial score (nSPS) is 20.5. The van der Waals surface area contributed by atoms with Gasteiger partial charge in [0.05, 0.1) is 6.07 Å². The van der Waals surface area contributed by atoms with E-state index >= 15 is 0 Å². The van der Waals surface area contributed by atoms with E-state index in [0.717, 1.165) is 12.1 Å². The molecule has 1 saturated heterocycles. The Morgan fingerprint density at radius 3 is 2.67 bits per heavy atom. The van der Waals surface area contributed by atoms with Crippen molar-refractivity contribution in [3.05, 3.63) is 11.6 Å². The summed E-state index contributed by atoms with van der Waals surface area (Å²) in [5, 5.41) is 8.53. The van der Waals surface area contributed by atoms with Crippen molar-refractivity contribution in [2.45, 2.75) is 26.2 Å². The molecule has 0 spiro atoms. The molecule has 0 N–H and O–H groups in total. The maximum Gasteiger partial charge on any atom is 0.0941 e. The molecule has 0 amide bonds. The lowest BCUT2D eigenvalue weighted by Gasteiger charge is -2.24. The van der Waals surface area contributed by atoms with E-state index in [4.69, 9.17) is 5.26 Å². The third-order valence-electron chi connectivity index (χ3n) is 2.28. The van der Waals surface area contributed by atoms with E-state index in [2.05, 4.69) is 11.0 Å². The minimum absolute atomic E-state index is 0.834. The minimum atomic E-state index is 0.834. The Labute approximate surface area is 74.5 Å². The molecule has 2 heteroatoms. The lowest BCUT2D eigenvalue weighted by atomic mass is 10.1. The van der Waals surface area contributed by atoms with Crippen molar-refractivity contribution in [2.24, 2.45) is 0 Å². The molecule has 0 aromatic rings. The first-order chi connectivity index (χ1) is 5.83. The number of piperidine rings is 1. The summed E-state index contributed by atoms with van der Waals surface area (Å²) in [6.07, 6.45) is 6.03. The number of hydrogen-bond donors (Lipinski definition) is 0. The number of allylic oxidation sites excluding steroid dienone is 1. The van der Waals surface area contributed by atoms with Gasteiger partial charge in [-0.25, -0.2) is 0 Å². The number of likely N-dealkylation sites (tertiary alicyclic amines) is 1. The van der Waals surface area contributed by atoms with Gasteiger partial charge in [-0.3, -0.25) is 4.90 Å². The van der Waals surface area contributed by atoms with Gasteiger partial charge < -0.3 is 0 Å². The van der Waals surface area contributed by atoms with Crippen molar-refractivity contribution in [1.82, 2.24) is 4.90 Å². The predicted molar refractivity (Wildman–Crippen MR) is 49.7 cm³/mol. The zero-order chi connectivity index (χ0) is 8.81. The maximum atomic E-state index is 8.53. The van der Waals surface area contributed by atoms with Gasteiger partial charge in [-0.05, 0) is 32.9 Å². The van der Waals surface area contributed by atoms with Crippen LogP contribution in [0.2, 0.25) is 0 Å². The van der Waals surface area contributed by atoms with Crippen LogP contribution in [0.5, 0.6) is 0 Å². The Morgan fingerprint density at radius 2 is 2.08 bits per heavy atom. The van der Waals surface area contributed by atoms with Crippen LogP contribution >= 0.6 is 0 Å². The summed E-state index contributed by atoms with van der Waals surface area (Å²) in [7, 11) is 0. The van der Waals surface area contributed by atoms with E-state index in [1.54, 1.807) is 0 Å².